The number of Topliss-reactive ketones (excluding diaryl/α,β-unsaturated/α-hetero) is 1. The molecule has 31 heavy (non-hydrogen) atoms. The van der Waals surface area contributed by atoms with Crippen LogP contribution >= 0.6 is 0 Å². The van der Waals surface area contributed by atoms with Gasteiger partial charge < -0.3 is 19.7 Å². The van der Waals surface area contributed by atoms with Crippen LogP contribution in [0.4, 0.5) is 0 Å². The standard InChI is InChI=1S/C25H30O6/c1-5-10-23(17-11-8-7-9-12-17)31-25(29)24-20(16(3)21(27)15-22(24)28)14-18(26)13-19(6-2)30-4/h5,7-9,11-12,15,19,23,27-28H,1,6,10,13-14H2,2-4H3/t19?,23-/m1/s1. The molecule has 0 spiro atoms. The Morgan fingerprint density at radius 2 is 1.84 bits per heavy atom. The summed E-state index contributed by atoms with van der Waals surface area (Å²) in [5.41, 5.74) is 1.28. The van der Waals surface area contributed by atoms with Crippen LogP contribution in [0.5, 0.6) is 11.5 Å². The summed E-state index contributed by atoms with van der Waals surface area (Å²) >= 11 is 0. The Morgan fingerprint density at radius 3 is 2.42 bits per heavy atom. The first-order valence-corrected chi connectivity index (χ1v) is 10.3. The third-order valence-corrected chi connectivity index (χ3v) is 5.29. The molecule has 0 saturated carbocycles. The van der Waals surface area contributed by atoms with E-state index in [-0.39, 0.29) is 41.6 Å². The molecule has 2 aromatic carbocycles. The van der Waals surface area contributed by atoms with E-state index in [1.165, 1.54) is 0 Å². The monoisotopic (exact) mass is 426 g/mol. The van der Waals surface area contributed by atoms with Gasteiger partial charge in [-0.1, -0.05) is 43.3 Å². The Bertz CT molecular complexity index is 915. The number of methoxy groups -OCH3 is 1. The van der Waals surface area contributed by atoms with Crippen LogP contribution in [0.3, 0.4) is 0 Å². The fourth-order valence-electron chi connectivity index (χ4n) is 3.43. The molecule has 0 amide bonds. The molecule has 0 aliphatic heterocycles. The van der Waals surface area contributed by atoms with Crippen molar-refractivity contribution >= 4 is 11.8 Å². The molecule has 166 valence electrons. The highest BCUT2D eigenvalue weighted by Crippen LogP contribution is 2.35. The van der Waals surface area contributed by atoms with Crippen LogP contribution in [-0.4, -0.2) is 35.2 Å². The third kappa shape index (κ3) is 6.18. The first-order chi connectivity index (χ1) is 14.8. The summed E-state index contributed by atoms with van der Waals surface area (Å²) in [6.07, 6.45) is 1.91. The minimum absolute atomic E-state index is 0.112. The van der Waals surface area contributed by atoms with Crippen LogP contribution in [0.2, 0.25) is 0 Å². The average Bonchev–Trinajstić information content (AvgIpc) is 2.75. The molecule has 0 aromatic heterocycles. The predicted octanol–water partition coefficient (Wildman–Crippen LogP) is 4.81. The number of ketones is 1. The van der Waals surface area contributed by atoms with Crippen LogP contribution in [0, 0.1) is 6.92 Å². The van der Waals surface area contributed by atoms with Crippen molar-refractivity contribution < 1.29 is 29.3 Å². The van der Waals surface area contributed by atoms with E-state index in [1.807, 2.05) is 37.3 Å². The number of phenolic OH excluding ortho intramolecular Hbond substituents is 2. The van der Waals surface area contributed by atoms with E-state index >= 15 is 0 Å². The molecule has 0 aliphatic carbocycles. The molecule has 2 N–H and O–H groups in total. The van der Waals surface area contributed by atoms with E-state index in [0.717, 1.165) is 11.6 Å². The molecule has 0 saturated heterocycles. The van der Waals surface area contributed by atoms with Gasteiger partial charge in [-0.05, 0) is 30.0 Å². The molecule has 6 heteroatoms. The van der Waals surface area contributed by atoms with Crippen molar-refractivity contribution in [3.05, 3.63) is 71.3 Å². The van der Waals surface area contributed by atoms with Gasteiger partial charge in [0.2, 0.25) is 0 Å². The lowest BCUT2D eigenvalue weighted by Gasteiger charge is -2.20. The lowest BCUT2D eigenvalue weighted by Crippen LogP contribution is -2.19. The molecule has 2 atom stereocenters. The van der Waals surface area contributed by atoms with E-state index in [0.29, 0.717) is 18.4 Å². The van der Waals surface area contributed by atoms with E-state index in [2.05, 4.69) is 6.58 Å². The summed E-state index contributed by atoms with van der Waals surface area (Å²) in [7, 11) is 1.54. The van der Waals surface area contributed by atoms with Gasteiger partial charge in [-0.3, -0.25) is 4.79 Å². The smallest absolute Gasteiger partial charge is 0.342 e. The number of rotatable bonds is 11. The van der Waals surface area contributed by atoms with Crippen molar-refractivity contribution in [2.24, 2.45) is 0 Å². The number of ether oxygens (including phenoxy) is 2. The van der Waals surface area contributed by atoms with Crippen molar-refractivity contribution in [2.75, 3.05) is 7.11 Å². The summed E-state index contributed by atoms with van der Waals surface area (Å²) in [5, 5.41) is 20.6. The van der Waals surface area contributed by atoms with Crippen LogP contribution in [-0.2, 0) is 20.7 Å². The number of carbonyl (C=O) groups is 2. The number of aromatic hydroxyl groups is 2. The molecule has 6 nitrogen and oxygen atoms in total. The third-order valence-electron chi connectivity index (χ3n) is 5.29. The fraction of sp³-hybridized carbons (Fsp3) is 0.360. The highest BCUT2D eigenvalue weighted by molar-refractivity contribution is 5.97. The van der Waals surface area contributed by atoms with Gasteiger partial charge in [-0.15, -0.1) is 6.58 Å². The number of benzene rings is 2. The van der Waals surface area contributed by atoms with Crippen molar-refractivity contribution in [2.45, 2.75) is 51.7 Å². The predicted molar refractivity (Wildman–Crippen MR) is 118 cm³/mol. The summed E-state index contributed by atoms with van der Waals surface area (Å²) in [6, 6.07) is 10.3. The second kappa shape index (κ2) is 11.3. The molecule has 0 heterocycles. The Kier molecular flexibility index (Phi) is 8.82. The lowest BCUT2D eigenvalue weighted by atomic mass is 9.93. The number of hydrogen-bond acceptors (Lipinski definition) is 6. The normalized spacial score (nSPS) is 12.7. The summed E-state index contributed by atoms with van der Waals surface area (Å²) in [4.78, 5) is 25.7. The van der Waals surface area contributed by atoms with E-state index in [9.17, 15) is 19.8 Å². The molecular weight excluding hydrogens is 396 g/mol. The number of phenols is 2. The Morgan fingerprint density at radius 1 is 1.16 bits per heavy atom. The van der Waals surface area contributed by atoms with Crippen LogP contribution in [0.15, 0.2) is 49.1 Å². The van der Waals surface area contributed by atoms with Gasteiger partial charge in [0.25, 0.3) is 0 Å². The average molecular weight is 427 g/mol. The van der Waals surface area contributed by atoms with E-state index in [1.54, 1.807) is 20.1 Å². The minimum Gasteiger partial charge on any atom is -0.508 e. The van der Waals surface area contributed by atoms with E-state index < -0.39 is 17.8 Å². The molecular formula is C25H30O6. The maximum absolute atomic E-state index is 13.1. The summed E-state index contributed by atoms with van der Waals surface area (Å²) in [5.74, 6) is -1.55. The van der Waals surface area contributed by atoms with Gasteiger partial charge in [0, 0.05) is 32.4 Å². The summed E-state index contributed by atoms with van der Waals surface area (Å²) < 4.78 is 11.0. The van der Waals surface area contributed by atoms with Crippen molar-refractivity contribution in [1.82, 2.24) is 0 Å². The zero-order chi connectivity index (χ0) is 23.0. The topological polar surface area (TPSA) is 93.1 Å². The van der Waals surface area contributed by atoms with Gasteiger partial charge in [0.15, 0.2) is 0 Å². The van der Waals surface area contributed by atoms with Crippen molar-refractivity contribution in [3.8, 4) is 11.5 Å². The van der Waals surface area contributed by atoms with Gasteiger partial charge in [0.05, 0.1) is 6.10 Å². The van der Waals surface area contributed by atoms with E-state index in [4.69, 9.17) is 9.47 Å². The SMILES string of the molecule is C=CC[C@@H](OC(=O)c1c(O)cc(O)c(C)c1CC(=O)CC(CC)OC)c1ccccc1. The van der Waals surface area contributed by atoms with Crippen LogP contribution in [0.1, 0.15) is 59.3 Å². The Labute approximate surface area is 183 Å². The summed E-state index contributed by atoms with van der Waals surface area (Å²) in [6.45, 7) is 7.23. The molecule has 0 aliphatic rings. The van der Waals surface area contributed by atoms with Crippen LogP contribution in [0.25, 0.3) is 0 Å². The molecule has 2 aromatic rings. The maximum Gasteiger partial charge on any atom is 0.342 e. The second-order valence-electron chi connectivity index (χ2n) is 7.41. The largest absolute Gasteiger partial charge is 0.508 e. The quantitative estimate of drug-likeness (QED) is 0.396. The van der Waals surface area contributed by atoms with Gasteiger partial charge in [-0.2, -0.15) is 0 Å². The first kappa shape index (κ1) is 24.2. The lowest BCUT2D eigenvalue weighted by molar-refractivity contribution is -0.120. The maximum atomic E-state index is 13.1. The zero-order valence-corrected chi connectivity index (χ0v) is 18.3. The number of hydrogen-bond donors (Lipinski definition) is 2. The van der Waals surface area contributed by atoms with Crippen LogP contribution < -0.4 is 0 Å². The van der Waals surface area contributed by atoms with Crippen molar-refractivity contribution in [3.63, 3.8) is 0 Å². The van der Waals surface area contributed by atoms with Gasteiger partial charge >= 0.3 is 5.97 Å². The molecule has 0 fully saturated rings. The van der Waals surface area contributed by atoms with Gasteiger partial charge in [-0.25, -0.2) is 4.79 Å². The highest BCUT2D eigenvalue weighted by atomic mass is 16.5. The highest BCUT2D eigenvalue weighted by Gasteiger charge is 2.27. The molecule has 0 radical (unpaired) electrons. The van der Waals surface area contributed by atoms with Gasteiger partial charge in [0.1, 0.15) is 28.9 Å². The second-order valence-corrected chi connectivity index (χ2v) is 7.41. The fourth-order valence-corrected chi connectivity index (χ4v) is 3.43. The molecule has 1 unspecified atom stereocenters. The molecule has 0 bridgehead atoms. The zero-order valence-electron chi connectivity index (χ0n) is 18.3. The molecule has 2 rings (SSSR count). The van der Waals surface area contributed by atoms with Crippen molar-refractivity contribution in [1.29, 1.82) is 0 Å². The Hall–Kier alpha value is -3.12. The first-order valence-electron chi connectivity index (χ1n) is 10.3. The minimum atomic E-state index is -0.766. The number of carbonyl (C=O) groups excluding carboxylic acids is 2. The Balaban J connectivity index is 2.38. The number of esters is 1.